The van der Waals surface area contributed by atoms with Crippen LogP contribution < -0.4 is 4.90 Å². The molecule has 2 saturated heterocycles. The van der Waals surface area contributed by atoms with Gasteiger partial charge in [-0.05, 0) is 64.3 Å². The van der Waals surface area contributed by atoms with Crippen LogP contribution in [0.1, 0.15) is 53.6 Å². The van der Waals surface area contributed by atoms with Gasteiger partial charge in [0.05, 0.1) is 11.9 Å². The summed E-state index contributed by atoms with van der Waals surface area (Å²) in [5.74, 6) is 2.72. The van der Waals surface area contributed by atoms with E-state index in [1.807, 2.05) is 17.5 Å². The van der Waals surface area contributed by atoms with Gasteiger partial charge in [0.15, 0.2) is 0 Å². The summed E-state index contributed by atoms with van der Waals surface area (Å²) in [6, 6.07) is 2.11. The van der Waals surface area contributed by atoms with E-state index in [-0.39, 0.29) is 0 Å². The lowest BCUT2D eigenvalue weighted by molar-refractivity contribution is 0.323. The first-order chi connectivity index (χ1) is 13.7. The van der Waals surface area contributed by atoms with Gasteiger partial charge in [-0.3, -0.25) is 10.00 Å². The Morgan fingerprint density at radius 1 is 1.11 bits per heavy atom. The molecule has 0 radical (unpaired) electrons. The molecule has 2 aliphatic heterocycles. The van der Waals surface area contributed by atoms with Crippen molar-refractivity contribution < 1.29 is 0 Å². The SMILES string of the molecule is Cc1sc2nc(CN3CCCC3)nc(N3CCC(c4ccn[nH]4)CC3)c2c1C. The molecule has 0 atom stereocenters. The first-order valence-electron chi connectivity index (χ1n) is 10.4. The number of piperidine rings is 1. The first-order valence-corrected chi connectivity index (χ1v) is 11.2. The highest BCUT2D eigenvalue weighted by Crippen LogP contribution is 2.37. The van der Waals surface area contributed by atoms with E-state index in [1.54, 1.807) is 0 Å². The number of aryl methyl sites for hydroxylation is 2. The van der Waals surface area contributed by atoms with Gasteiger partial charge in [-0.25, -0.2) is 9.97 Å². The summed E-state index contributed by atoms with van der Waals surface area (Å²) in [7, 11) is 0. The number of fused-ring (bicyclic) bond motifs is 1. The molecule has 2 aliphatic rings. The molecule has 5 heterocycles. The van der Waals surface area contributed by atoms with Gasteiger partial charge >= 0.3 is 0 Å². The van der Waals surface area contributed by atoms with Crippen molar-refractivity contribution in [2.45, 2.75) is 52.0 Å². The zero-order valence-electron chi connectivity index (χ0n) is 16.7. The molecular formula is C21H28N6S. The number of rotatable bonds is 4. The van der Waals surface area contributed by atoms with Crippen molar-refractivity contribution in [3.8, 4) is 0 Å². The third-order valence-electron chi connectivity index (χ3n) is 6.38. The molecule has 3 aromatic rings. The second kappa shape index (κ2) is 7.44. The molecule has 0 spiro atoms. The van der Waals surface area contributed by atoms with Gasteiger partial charge in [-0.15, -0.1) is 11.3 Å². The van der Waals surface area contributed by atoms with Crippen molar-refractivity contribution >= 4 is 27.4 Å². The molecule has 0 saturated carbocycles. The zero-order chi connectivity index (χ0) is 19.1. The van der Waals surface area contributed by atoms with E-state index < -0.39 is 0 Å². The summed E-state index contributed by atoms with van der Waals surface area (Å²) in [5.41, 5.74) is 2.61. The van der Waals surface area contributed by atoms with Gasteiger partial charge in [-0.1, -0.05) is 0 Å². The molecule has 6 nitrogen and oxygen atoms in total. The predicted octanol–water partition coefficient (Wildman–Crippen LogP) is 4.01. The van der Waals surface area contributed by atoms with Crippen LogP contribution in [0.15, 0.2) is 12.3 Å². The van der Waals surface area contributed by atoms with Crippen molar-refractivity contribution in [3.05, 3.63) is 34.2 Å². The molecule has 2 fully saturated rings. The van der Waals surface area contributed by atoms with E-state index in [9.17, 15) is 0 Å². The van der Waals surface area contributed by atoms with Crippen molar-refractivity contribution in [2.75, 3.05) is 31.1 Å². The topological polar surface area (TPSA) is 60.9 Å². The Hall–Kier alpha value is -1.99. The molecular weight excluding hydrogens is 368 g/mol. The second-order valence-corrected chi connectivity index (χ2v) is 9.39. The van der Waals surface area contributed by atoms with Crippen LogP contribution in [0.2, 0.25) is 0 Å². The van der Waals surface area contributed by atoms with Gasteiger partial charge in [0, 0.05) is 35.8 Å². The van der Waals surface area contributed by atoms with E-state index in [2.05, 4.69) is 39.9 Å². The van der Waals surface area contributed by atoms with E-state index in [0.29, 0.717) is 5.92 Å². The molecule has 28 heavy (non-hydrogen) atoms. The predicted molar refractivity (Wildman–Crippen MR) is 114 cm³/mol. The number of hydrogen-bond acceptors (Lipinski definition) is 6. The number of likely N-dealkylation sites (tertiary alicyclic amines) is 1. The highest BCUT2D eigenvalue weighted by Gasteiger charge is 2.26. The van der Waals surface area contributed by atoms with Gasteiger partial charge in [0.1, 0.15) is 16.5 Å². The molecule has 5 rings (SSSR count). The number of nitrogens with zero attached hydrogens (tertiary/aromatic N) is 5. The third kappa shape index (κ3) is 3.31. The molecule has 3 aromatic heterocycles. The Bertz CT molecular complexity index is 949. The number of aromatic amines is 1. The number of hydrogen-bond donors (Lipinski definition) is 1. The highest BCUT2D eigenvalue weighted by molar-refractivity contribution is 7.18. The maximum atomic E-state index is 5.11. The Kier molecular flexibility index (Phi) is 4.80. The van der Waals surface area contributed by atoms with E-state index in [1.165, 1.54) is 47.5 Å². The van der Waals surface area contributed by atoms with Crippen molar-refractivity contribution in [1.82, 2.24) is 25.1 Å². The largest absolute Gasteiger partial charge is 0.356 e. The number of anilines is 1. The van der Waals surface area contributed by atoms with Crippen LogP contribution in [0.5, 0.6) is 0 Å². The fourth-order valence-corrected chi connectivity index (χ4v) is 5.65. The van der Waals surface area contributed by atoms with Crippen LogP contribution >= 0.6 is 11.3 Å². The molecule has 148 valence electrons. The molecule has 1 N–H and O–H groups in total. The lowest BCUT2D eigenvalue weighted by Gasteiger charge is -2.33. The lowest BCUT2D eigenvalue weighted by Crippen LogP contribution is -2.34. The number of aromatic nitrogens is 4. The molecule has 0 amide bonds. The molecule has 0 unspecified atom stereocenters. The van der Waals surface area contributed by atoms with Crippen LogP contribution in [0.3, 0.4) is 0 Å². The third-order valence-corrected chi connectivity index (χ3v) is 7.48. The van der Waals surface area contributed by atoms with Crippen molar-refractivity contribution in [2.24, 2.45) is 0 Å². The average Bonchev–Trinajstić information content (AvgIpc) is 3.45. The number of thiophene rings is 1. The number of nitrogens with one attached hydrogen (secondary N) is 1. The minimum atomic E-state index is 0.574. The van der Waals surface area contributed by atoms with Crippen LogP contribution in [0, 0.1) is 13.8 Å². The van der Waals surface area contributed by atoms with Crippen molar-refractivity contribution in [3.63, 3.8) is 0 Å². The van der Waals surface area contributed by atoms with E-state index in [4.69, 9.17) is 9.97 Å². The first kappa shape index (κ1) is 18.1. The van der Waals surface area contributed by atoms with Crippen LogP contribution in [0.25, 0.3) is 10.2 Å². The summed E-state index contributed by atoms with van der Waals surface area (Å²) in [5, 5.41) is 8.55. The smallest absolute Gasteiger partial charge is 0.146 e. The minimum absolute atomic E-state index is 0.574. The monoisotopic (exact) mass is 396 g/mol. The number of H-pyrrole nitrogens is 1. The highest BCUT2D eigenvalue weighted by atomic mass is 32.1. The Labute approximate surface area is 170 Å². The summed E-state index contributed by atoms with van der Waals surface area (Å²) in [6.45, 7) is 9.72. The Morgan fingerprint density at radius 2 is 1.89 bits per heavy atom. The normalized spacial score (nSPS) is 19.1. The Balaban J connectivity index is 1.45. The van der Waals surface area contributed by atoms with Gasteiger partial charge in [0.2, 0.25) is 0 Å². The minimum Gasteiger partial charge on any atom is -0.356 e. The fourth-order valence-electron chi connectivity index (χ4n) is 4.61. The van der Waals surface area contributed by atoms with Crippen LogP contribution in [0.4, 0.5) is 5.82 Å². The van der Waals surface area contributed by atoms with Gasteiger partial charge in [-0.2, -0.15) is 5.10 Å². The standard InChI is InChI=1S/C21H28N6S/c1-14-15(2)28-21-19(14)20(23-18(24-21)13-26-9-3-4-10-26)27-11-6-16(7-12-27)17-5-8-22-25-17/h5,8,16H,3-4,6-7,9-13H2,1-2H3,(H,22,25). The molecule has 0 bridgehead atoms. The quantitative estimate of drug-likeness (QED) is 0.722. The summed E-state index contributed by atoms with van der Waals surface area (Å²) >= 11 is 1.82. The van der Waals surface area contributed by atoms with Gasteiger partial charge in [0.25, 0.3) is 0 Å². The Morgan fingerprint density at radius 3 is 2.61 bits per heavy atom. The van der Waals surface area contributed by atoms with E-state index in [0.717, 1.165) is 48.9 Å². The maximum Gasteiger partial charge on any atom is 0.146 e. The summed E-state index contributed by atoms with van der Waals surface area (Å²) < 4.78 is 0. The lowest BCUT2D eigenvalue weighted by atomic mass is 9.93. The molecule has 0 aliphatic carbocycles. The average molecular weight is 397 g/mol. The van der Waals surface area contributed by atoms with Gasteiger partial charge < -0.3 is 4.90 Å². The van der Waals surface area contributed by atoms with Crippen molar-refractivity contribution in [1.29, 1.82) is 0 Å². The second-order valence-electron chi connectivity index (χ2n) is 8.18. The molecule has 0 aromatic carbocycles. The maximum absolute atomic E-state index is 5.11. The van der Waals surface area contributed by atoms with Crippen LogP contribution in [-0.2, 0) is 6.54 Å². The zero-order valence-corrected chi connectivity index (χ0v) is 17.6. The van der Waals surface area contributed by atoms with E-state index >= 15 is 0 Å². The molecule has 7 heteroatoms. The fraction of sp³-hybridized carbons (Fsp3) is 0.571. The summed E-state index contributed by atoms with van der Waals surface area (Å²) in [4.78, 5) is 17.6. The van der Waals surface area contributed by atoms with Crippen LogP contribution in [-0.4, -0.2) is 51.2 Å². The summed E-state index contributed by atoms with van der Waals surface area (Å²) in [6.07, 6.45) is 6.73.